The van der Waals surface area contributed by atoms with Crippen LogP contribution in [0, 0.1) is 19.3 Å². The fraction of sp³-hybridized carbons (Fsp3) is 0.615. The minimum atomic E-state index is -0.425. The zero-order chi connectivity index (χ0) is 12.5. The fourth-order valence-electron chi connectivity index (χ4n) is 1.90. The number of hydrogen-bond donors (Lipinski definition) is 1. The number of aryl methyl sites for hydroxylation is 2. The van der Waals surface area contributed by atoms with E-state index >= 15 is 0 Å². The van der Waals surface area contributed by atoms with Gasteiger partial charge in [-0.05, 0) is 37.3 Å². The molecule has 3 nitrogen and oxygen atoms in total. The number of nitrogens with zero attached hydrogens (tertiary/aromatic N) is 1. The van der Waals surface area contributed by atoms with Gasteiger partial charge in [0.05, 0.1) is 6.04 Å². The Hall–Kier alpha value is -1.09. The van der Waals surface area contributed by atoms with Crippen LogP contribution in [0.2, 0.25) is 0 Å². The number of hydrogen-bond acceptors (Lipinski definition) is 2. The molecule has 0 bridgehead atoms. The predicted molar refractivity (Wildman–Crippen MR) is 66.6 cm³/mol. The minimum absolute atomic E-state index is 0.0134. The highest BCUT2D eigenvalue weighted by molar-refractivity contribution is 5.85. The van der Waals surface area contributed by atoms with Gasteiger partial charge in [0.2, 0.25) is 5.91 Å². The summed E-state index contributed by atoms with van der Waals surface area (Å²) in [5, 5.41) is 0. The Kier molecular flexibility index (Phi) is 3.58. The van der Waals surface area contributed by atoms with Gasteiger partial charge in [-0.1, -0.05) is 20.8 Å². The van der Waals surface area contributed by atoms with Crippen molar-refractivity contribution in [2.45, 2.75) is 47.1 Å². The number of aromatic nitrogens is 1. The van der Waals surface area contributed by atoms with Gasteiger partial charge < -0.3 is 5.73 Å². The lowest BCUT2D eigenvalue weighted by molar-refractivity contribution is 0.0853. The molecular weight excluding hydrogens is 200 g/mol. The van der Waals surface area contributed by atoms with Crippen molar-refractivity contribution in [3.63, 3.8) is 0 Å². The average molecular weight is 222 g/mol. The fourth-order valence-corrected chi connectivity index (χ4v) is 1.90. The monoisotopic (exact) mass is 222 g/mol. The van der Waals surface area contributed by atoms with Gasteiger partial charge in [0, 0.05) is 11.9 Å². The normalized spacial score (nSPS) is 13.9. The van der Waals surface area contributed by atoms with E-state index in [4.69, 9.17) is 5.73 Å². The van der Waals surface area contributed by atoms with Crippen LogP contribution in [0.15, 0.2) is 12.3 Å². The second kappa shape index (κ2) is 4.42. The molecule has 0 fully saturated rings. The third-order valence-electron chi connectivity index (χ3n) is 2.54. The van der Waals surface area contributed by atoms with E-state index in [0.717, 1.165) is 11.3 Å². The van der Waals surface area contributed by atoms with Gasteiger partial charge in [0.25, 0.3) is 0 Å². The molecule has 1 atom stereocenters. The van der Waals surface area contributed by atoms with Crippen LogP contribution in [0.3, 0.4) is 0 Å². The maximum Gasteiger partial charge on any atom is 0.247 e. The van der Waals surface area contributed by atoms with Crippen molar-refractivity contribution in [3.8, 4) is 0 Å². The van der Waals surface area contributed by atoms with E-state index < -0.39 is 6.04 Å². The molecule has 0 saturated carbocycles. The van der Waals surface area contributed by atoms with Crippen molar-refractivity contribution in [2.75, 3.05) is 0 Å². The third kappa shape index (κ3) is 3.20. The first-order valence-corrected chi connectivity index (χ1v) is 5.66. The van der Waals surface area contributed by atoms with Crippen LogP contribution in [-0.2, 0) is 0 Å². The van der Waals surface area contributed by atoms with E-state index in [-0.39, 0.29) is 11.3 Å². The summed E-state index contributed by atoms with van der Waals surface area (Å²) >= 11 is 0. The number of rotatable bonds is 2. The quantitative estimate of drug-likeness (QED) is 0.835. The highest BCUT2D eigenvalue weighted by Crippen LogP contribution is 2.21. The molecule has 0 aliphatic carbocycles. The van der Waals surface area contributed by atoms with Gasteiger partial charge in [0.1, 0.15) is 0 Å². The van der Waals surface area contributed by atoms with Crippen molar-refractivity contribution in [3.05, 3.63) is 23.5 Å². The Morgan fingerprint density at radius 1 is 1.44 bits per heavy atom. The Labute approximate surface area is 97.6 Å². The van der Waals surface area contributed by atoms with E-state index in [9.17, 15) is 4.79 Å². The van der Waals surface area contributed by atoms with E-state index in [1.165, 1.54) is 0 Å². The summed E-state index contributed by atoms with van der Waals surface area (Å²) in [6.07, 6.45) is 2.54. The van der Waals surface area contributed by atoms with E-state index in [1.807, 2.05) is 26.1 Å². The molecule has 1 rings (SSSR count). The topological polar surface area (TPSA) is 48.0 Å². The molecule has 0 saturated heterocycles. The summed E-state index contributed by atoms with van der Waals surface area (Å²) in [4.78, 5) is 12.1. The van der Waals surface area contributed by atoms with E-state index in [0.29, 0.717) is 6.42 Å². The highest BCUT2D eigenvalue weighted by atomic mass is 16.2. The predicted octanol–water partition coefficient (Wildman–Crippen LogP) is 2.51. The molecule has 0 aliphatic heterocycles. The lowest BCUT2D eigenvalue weighted by Crippen LogP contribution is -2.38. The largest absolute Gasteiger partial charge is 0.320 e. The summed E-state index contributed by atoms with van der Waals surface area (Å²) in [6, 6.07) is 1.56. The van der Waals surface area contributed by atoms with Crippen LogP contribution in [0.4, 0.5) is 0 Å². The Balaban J connectivity index is 2.82. The van der Waals surface area contributed by atoms with E-state index in [1.54, 1.807) is 4.57 Å². The summed E-state index contributed by atoms with van der Waals surface area (Å²) in [5.41, 5.74) is 8.06. The summed E-state index contributed by atoms with van der Waals surface area (Å²) in [5.74, 6) is -0.0134. The molecule has 1 heterocycles. The van der Waals surface area contributed by atoms with Gasteiger partial charge in [0.15, 0.2) is 0 Å². The molecule has 1 unspecified atom stereocenters. The third-order valence-corrected chi connectivity index (χ3v) is 2.54. The van der Waals surface area contributed by atoms with Crippen LogP contribution in [0.5, 0.6) is 0 Å². The molecule has 2 N–H and O–H groups in total. The van der Waals surface area contributed by atoms with Crippen LogP contribution in [0.1, 0.15) is 43.2 Å². The number of carbonyl (C=O) groups excluding carboxylic acids is 1. The van der Waals surface area contributed by atoms with Gasteiger partial charge in [-0.15, -0.1) is 0 Å². The van der Waals surface area contributed by atoms with Crippen LogP contribution in [-0.4, -0.2) is 16.5 Å². The molecule has 0 aliphatic rings. The second-order valence-electron chi connectivity index (χ2n) is 5.74. The maximum absolute atomic E-state index is 12.1. The lowest BCUT2D eigenvalue weighted by atomic mass is 9.88. The van der Waals surface area contributed by atoms with Gasteiger partial charge in [-0.25, -0.2) is 0 Å². The maximum atomic E-state index is 12.1. The van der Waals surface area contributed by atoms with Crippen molar-refractivity contribution in [1.29, 1.82) is 0 Å². The molecular formula is C13H22N2O. The number of nitrogens with two attached hydrogens (primary N) is 1. The van der Waals surface area contributed by atoms with Crippen LogP contribution >= 0.6 is 0 Å². The molecule has 0 aromatic carbocycles. The first-order chi connectivity index (χ1) is 7.20. The molecule has 0 spiro atoms. The summed E-state index contributed by atoms with van der Waals surface area (Å²) < 4.78 is 1.66. The lowest BCUT2D eigenvalue weighted by Gasteiger charge is -2.22. The molecule has 16 heavy (non-hydrogen) atoms. The zero-order valence-electron chi connectivity index (χ0n) is 10.9. The van der Waals surface area contributed by atoms with Gasteiger partial charge in [-0.2, -0.15) is 0 Å². The molecule has 0 amide bonds. The minimum Gasteiger partial charge on any atom is -0.320 e. The Morgan fingerprint density at radius 3 is 2.38 bits per heavy atom. The second-order valence-corrected chi connectivity index (χ2v) is 5.74. The zero-order valence-corrected chi connectivity index (χ0v) is 10.9. The van der Waals surface area contributed by atoms with Gasteiger partial charge >= 0.3 is 0 Å². The standard InChI is InChI=1S/C13H22N2O/c1-9-6-10(2)15(8-9)12(16)11(14)7-13(3,4)5/h6,8,11H,7,14H2,1-5H3. The first kappa shape index (κ1) is 13.0. The molecule has 3 heteroatoms. The number of carbonyl (C=O) groups is 1. The smallest absolute Gasteiger partial charge is 0.247 e. The van der Waals surface area contributed by atoms with Gasteiger partial charge in [-0.3, -0.25) is 9.36 Å². The highest BCUT2D eigenvalue weighted by Gasteiger charge is 2.23. The molecule has 1 aromatic heterocycles. The van der Waals surface area contributed by atoms with Crippen molar-refractivity contribution >= 4 is 5.91 Å². The Bertz CT molecular complexity index is 385. The van der Waals surface area contributed by atoms with Crippen LogP contribution in [0.25, 0.3) is 0 Å². The van der Waals surface area contributed by atoms with Crippen LogP contribution < -0.4 is 5.73 Å². The summed E-state index contributed by atoms with van der Waals surface area (Å²) in [7, 11) is 0. The molecule has 0 radical (unpaired) electrons. The SMILES string of the molecule is Cc1cc(C)n(C(=O)C(N)CC(C)(C)C)c1. The van der Waals surface area contributed by atoms with E-state index in [2.05, 4.69) is 20.8 Å². The summed E-state index contributed by atoms with van der Waals surface area (Å²) in [6.45, 7) is 10.2. The van der Waals surface area contributed by atoms with Crippen molar-refractivity contribution in [2.24, 2.45) is 11.1 Å². The molecule has 90 valence electrons. The average Bonchev–Trinajstić information content (AvgIpc) is 2.41. The Morgan fingerprint density at radius 2 is 2.00 bits per heavy atom. The van der Waals surface area contributed by atoms with Crippen molar-refractivity contribution < 1.29 is 4.79 Å². The first-order valence-electron chi connectivity index (χ1n) is 5.66. The van der Waals surface area contributed by atoms with Crippen molar-refractivity contribution in [1.82, 2.24) is 4.57 Å². The molecule has 1 aromatic rings.